The molecular formula is C53H88O5. The molecule has 0 heterocycles. The number of hydrogen-bond acceptors (Lipinski definition) is 5. The highest BCUT2D eigenvalue weighted by Gasteiger charge is 2.16. The van der Waals surface area contributed by atoms with Crippen LogP contribution in [0.2, 0.25) is 0 Å². The summed E-state index contributed by atoms with van der Waals surface area (Å²) in [5.41, 5.74) is 0. The first-order chi connectivity index (χ1) is 28.6. The smallest absolute Gasteiger partial charge is 0.306 e. The Kier molecular flexibility index (Phi) is 45.5. The largest absolute Gasteiger partial charge is 0.462 e. The maximum absolute atomic E-state index is 12.2. The van der Waals surface area contributed by atoms with Crippen LogP contribution in [0.5, 0.6) is 0 Å². The number of esters is 2. The first-order valence-electron chi connectivity index (χ1n) is 23.8. The van der Waals surface area contributed by atoms with E-state index in [1.165, 1.54) is 77.0 Å². The fourth-order valence-corrected chi connectivity index (χ4v) is 6.29. The summed E-state index contributed by atoms with van der Waals surface area (Å²) >= 11 is 0. The number of aliphatic hydroxyl groups is 1. The molecule has 0 fully saturated rings. The van der Waals surface area contributed by atoms with Crippen LogP contribution in [0.25, 0.3) is 0 Å². The molecule has 0 aliphatic carbocycles. The van der Waals surface area contributed by atoms with Crippen LogP contribution < -0.4 is 0 Å². The van der Waals surface area contributed by atoms with Gasteiger partial charge < -0.3 is 14.6 Å². The van der Waals surface area contributed by atoms with Crippen LogP contribution in [0, 0.1) is 0 Å². The van der Waals surface area contributed by atoms with Gasteiger partial charge in [-0.1, -0.05) is 195 Å². The van der Waals surface area contributed by atoms with E-state index in [-0.39, 0.29) is 25.2 Å². The van der Waals surface area contributed by atoms with Crippen LogP contribution in [-0.4, -0.2) is 36.4 Å². The minimum Gasteiger partial charge on any atom is -0.462 e. The van der Waals surface area contributed by atoms with Crippen molar-refractivity contribution >= 4 is 11.9 Å². The SMILES string of the molecule is CC/C=C\C/C=C\C/C=C\C/C=C\C/C=C\C/C=C\C/C=C\CCCCCCCC(=O)OC(CO)COC(=O)CCCCCCCCC/C=C\CCCCCCCC. The highest BCUT2D eigenvalue weighted by Crippen LogP contribution is 2.13. The number of unbranched alkanes of at least 4 members (excludes halogenated alkanes) is 18. The predicted molar refractivity (Wildman–Crippen MR) is 251 cm³/mol. The van der Waals surface area contributed by atoms with Crippen molar-refractivity contribution in [3.8, 4) is 0 Å². The minimum atomic E-state index is -0.790. The van der Waals surface area contributed by atoms with Gasteiger partial charge in [0, 0.05) is 12.8 Å². The highest BCUT2D eigenvalue weighted by atomic mass is 16.6. The van der Waals surface area contributed by atoms with Gasteiger partial charge in [0.15, 0.2) is 6.10 Å². The number of carbonyl (C=O) groups excluding carboxylic acids is 2. The van der Waals surface area contributed by atoms with Gasteiger partial charge in [0.05, 0.1) is 6.61 Å². The summed E-state index contributed by atoms with van der Waals surface area (Å²) in [4.78, 5) is 24.4. The summed E-state index contributed by atoms with van der Waals surface area (Å²) in [6.45, 7) is 4.00. The zero-order valence-electron chi connectivity index (χ0n) is 37.5. The number of allylic oxidation sites excluding steroid dienone is 16. The van der Waals surface area contributed by atoms with E-state index in [0.29, 0.717) is 12.8 Å². The van der Waals surface area contributed by atoms with Crippen molar-refractivity contribution in [3.05, 3.63) is 97.2 Å². The second kappa shape index (κ2) is 48.2. The van der Waals surface area contributed by atoms with Gasteiger partial charge in [0.25, 0.3) is 0 Å². The number of ether oxygens (including phenoxy) is 2. The molecule has 0 aliphatic heterocycles. The molecule has 5 nitrogen and oxygen atoms in total. The Balaban J connectivity index is 3.63. The Labute approximate surface area is 358 Å². The van der Waals surface area contributed by atoms with Crippen LogP contribution in [0.3, 0.4) is 0 Å². The Morgan fingerprint density at radius 3 is 1.14 bits per heavy atom. The van der Waals surface area contributed by atoms with Gasteiger partial charge in [0.1, 0.15) is 6.61 Å². The molecule has 58 heavy (non-hydrogen) atoms. The van der Waals surface area contributed by atoms with Gasteiger partial charge in [-0.3, -0.25) is 9.59 Å². The molecule has 1 atom stereocenters. The number of carbonyl (C=O) groups is 2. The summed E-state index contributed by atoms with van der Waals surface area (Å²) < 4.78 is 10.6. The van der Waals surface area contributed by atoms with Crippen molar-refractivity contribution in [3.63, 3.8) is 0 Å². The van der Waals surface area contributed by atoms with Crippen molar-refractivity contribution in [1.82, 2.24) is 0 Å². The summed E-state index contributed by atoms with van der Waals surface area (Å²) in [6.07, 6.45) is 67.7. The molecule has 0 amide bonds. The molecule has 0 aromatic carbocycles. The topological polar surface area (TPSA) is 72.8 Å². The molecule has 0 rings (SSSR count). The number of rotatable bonds is 42. The molecule has 1 N–H and O–H groups in total. The van der Waals surface area contributed by atoms with E-state index >= 15 is 0 Å². The zero-order valence-corrected chi connectivity index (χ0v) is 37.5. The maximum atomic E-state index is 12.2. The molecule has 5 heteroatoms. The molecule has 0 spiro atoms. The average Bonchev–Trinajstić information content (AvgIpc) is 3.23. The van der Waals surface area contributed by atoms with Gasteiger partial charge in [-0.25, -0.2) is 0 Å². The van der Waals surface area contributed by atoms with E-state index in [4.69, 9.17) is 9.47 Å². The summed E-state index contributed by atoms with van der Waals surface area (Å²) in [7, 11) is 0. The number of aliphatic hydroxyl groups excluding tert-OH is 1. The fraction of sp³-hybridized carbons (Fsp3) is 0.660. The molecule has 330 valence electrons. The monoisotopic (exact) mass is 805 g/mol. The third-order valence-corrected chi connectivity index (χ3v) is 9.86. The lowest BCUT2D eigenvalue weighted by molar-refractivity contribution is -0.161. The summed E-state index contributed by atoms with van der Waals surface area (Å²) in [5, 5.41) is 9.60. The van der Waals surface area contributed by atoms with E-state index in [0.717, 1.165) is 103 Å². The molecule has 0 saturated carbocycles. The van der Waals surface area contributed by atoms with Crippen molar-refractivity contribution in [2.45, 2.75) is 213 Å². The van der Waals surface area contributed by atoms with Crippen LogP contribution in [-0.2, 0) is 19.1 Å². The lowest BCUT2D eigenvalue weighted by Crippen LogP contribution is -2.28. The molecule has 0 radical (unpaired) electrons. The van der Waals surface area contributed by atoms with Crippen LogP contribution >= 0.6 is 0 Å². The molecule has 0 aromatic rings. The molecule has 0 aliphatic rings. The van der Waals surface area contributed by atoms with Crippen LogP contribution in [0.1, 0.15) is 206 Å². The van der Waals surface area contributed by atoms with E-state index in [2.05, 4.69) is 111 Å². The molecular weight excluding hydrogens is 717 g/mol. The van der Waals surface area contributed by atoms with Crippen molar-refractivity contribution in [1.29, 1.82) is 0 Å². The van der Waals surface area contributed by atoms with Gasteiger partial charge in [0.2, 0.25) is 0 Å². The van der Waals surface area contributed by atoms with Crippen molar-refractivity contribution in [2.75, 3.05) is 13.2 Å². The van der Waals surface area contributed by atoms with Gasteiger partial charge >= 0.3 is 11.9 Å². The van der Waals surface area contributed by atoms with Gasteiger partial charge in [-0.2, -0.15) is 0 Å². The summed E-state index contributed by atoms with van der Waals surface area (Å²) in [5.74, 6) is -0.623. The first-order valence-corrected chi connectivity index (χ1v) is 23.8. The van der Waals surface area contributed by atoms with E-state index in [1.54, 1.807) is 0 Å². The minimum absolute atomic E-state index is 0.0813. The second-order valence-corrected chi connectivity index (χ2v) is 15.4. The second-order valence-electron chi connectivity index (χ2n) is 15.4. The van der Waals surface area contributed by atoms with E-state index in [1.807, 2.05) is 0 Å². The van der Waals surface area contributed by atoms with E-state index < -0.39 is 6.10 Å². The predicted octanol–water partition coefficient (Wildman–Crippen LogP) is 15.6. The van der Waals surface area contributed by atoms with Crippen LogP contribution in [0.15, 0.2) is 97.2 Å². The Morgan fingerprint density at radius 1 is 0.414 bits per heavy atom. The standard InChI is InChI=1S/C53H88O5/c1-3-5-7-9-11-13-15-17-19-21-22-23-24-25-26-27-28-29-30-32-34-36-38-40-42-44-46-48-53(56)58-51(49-54)50-57-52(55)47-45-43-41-39-37-35-33-31-20-18-16-14-12-10-8-6-4-2/h5,7,11,13,17-20,22-23,25-26,28-29,32,34,51,54H,3-4,6,8-10,12,14-16,21,24,27,30-31,33,35-50H2,1-2H3/b7-5-,13-11-,19-17-,20-18-,23-22-,26-25-,29-28-,34-32-. The fourth-order valence-electron chi connectivity index (χ4n) is 6.29. The average molecular weight is 805 g/mol. The van der Waals surface area contributed by atoms with Crippen molar-refractivity contribution < 1.29 is 24.2 Å². The van der Waals surface area contributed by atoms with E-state index in [9.17, 15) is 14.7 Å². The lowest BCUT2D eigenvalue weighted by atomic mass is 10.1. The third-order valence-electron chi connectivity index (χ3n) is 9.86. The quantitative estimate of drug-likeness (QED) is 0.0378. The third kappa shape index (κ3) is 45.5. The van der Waals surface area contributed by atoms with Gasteiger partial charge in [-0.15, -0.1) is 0 Å². The first kappa shape index (κ1) is 54.8. The van der Waals surface area contributed by atoms with Gasteiger partial charge in [-0.05, 0) is 96.3 Å². The molecule has 1 unspecified atom stereocenters. The molecule has 0 bridgehead atoms. The maximum Gasteiger partial charge on any atom is 0.306 e. The Hall–Kier alpha value is -3.18. The Bertz CT molecular complexity index is 1140. The summed E-state index contributed by atoms with van der Waals surface area (Å²) in [6, 6.07) is 0. The molecule has 0 aromatic heterocycles. The lowest BCUT2D eigenvalue weighted by Gasteiger charge is -2.15. The Morgan fingerprint density at radius 2 is 0.741 bits per heavy atom. The highest BCUT2D eigenvalue weighted by molar-refractivity contribution is 5.70. The van der Waals surface area contributed by atoms with Crippen LogP contribution in [0.4, 0.5) is 0 Å². The zero-order chi connectivity index (χ0) is 42.1. The normalized spacial score (nSPS) is 13.1. The van der Waals surface area contributed by atoms with Crippen molar-refractivity contribution in [2.24, 2.45) is 0 Å². The number of hydrogen-bond donors (Lipinski definition) is 1. The molecule has 0 saturated heterocycles.